The maximum absolute atomic E-state index is 10.3. The van der Waals surface area contributed by atoms with Crippen LogP contribution >= 0.6 is 0 Å². The molecule has 0 amide bonds. The minimum Gasteiger partial charge on any atom is -0.507 e. The molecule has 0 bridgehead atoms. The van der Waals surface area contributed by atoms with Crippen molar-refractivity contribution in [1.29, 1.82) is 0 Å². The molecule has 3 nitrogen and oxygen atoms in total. The van der Waals surface area contributed by atoms with Crippen LogP contribution in [0, 0.1) is 27.7 Å². The Hall–Kier alpha value is -2.16. The summed E-state index contributed by atoms with van der Waals surface area (Å²) in [6, 6.07) is 5.19. The maximum Gasteiger partial charge on any atom is 0.127 e. The summed E-state index contributed by atoms with van der Waals surface area (Å²) in [6.07, 6.45) is 0. The van der Waals surface area contributed by atoms with Crippen molar-refractivity contribution in [3.63, 3.8) is 0 Å². The van der Waals surface area contributed by atoms with Gasteiger partial charge in [0.2, 0.25) is 0 Å². The normalized spacial score (nSPS) is 10.7. The van der Waals surface area contributed by atoms with E-state index in [1.54, 1.807) is 39.0 Å². The molecule has 0 aliphatic rings. The molecule has 2 rings (SSSR count). The molecule has 0 radical (unpaired) electrons. The van der Waals surface area contributed by atoms with Crippen LogP contribution in [0.25, 0.3) is 11.1 Å². The summed E-state index contributed by atoms with van der Waals surface area (Å²) in [6.45, 7) is 7.16. The molecule has 3 N–H and O–H groups in total. The summed E-state index contributed by atoms with van der Waals surface area (Å²) in [5, 5.41) is 30.4. The monoisotopic (exact) mass is 258 g/mol. The largest absolute Gasteiger partial charge is 0.507 e. The Kier molecular flexibility index (Phi) is 3.14. The van der Waals surface area contributed by atoms with Crippen molar-refractivity contribution in [2.45, 2.75) is 27.7 Å². The Morgan fingerprint density at radius 3 is 1.95 bits per heavy atom. The number of rotatable bonds is 1. The standard InChI is InChI=1S/C16H18O3/c1-8-5-6-13(17)12(7-8)14-11(4)15(18)9(2)10(3)16(14)19/h5-7,17-19H,1-4H3. The van der Waals surface area contributed by atoms with E-state index in [4.69, 9.17) is 0 Å². The van der Waals surface area contributed by atoms with E-state index in [0.29, 0.717) is 27.8 Å². The first-order chi connectivity index (χ1) is 8.84. The Morgan fingerprint density at radius 2 is 1.32 bits per heavy atom. The van der Waals surface area contributed by atoms with Crippen LogP contribution in [0.1, 0.15) is 22.3 Å². The first-order valence-electron chi connectivity index (χ1n) is 6.16. The van der Waals surface area contributed by atoms with Gasteiger partial charge in [0, 0.05) is 16.7 Å². The van der Waals surface area contributed by atoms with Gasteiger partial charge in [0.1, 0.15) is 17.2 Å². The van der Waals surface area contributed by atoms with Crippen LogP contribution in [-0.4, -0.2) is 15.3 Å². The zero-order valence-electron chi connectivity index (χ0n) is 11.6. The molecule has 0 heterocycles. The first kappa shape index (κ1) is 13.3. The lowest BCUT2D eigenvalue weighted by Crippen LogP contribution is -1.93. The van der Waals surface area contributed by atoms with Gasteiger partial charge in [-0.1, -0.05) is 11.6 Å². The number of phenols is 3. The van der Waals surface area contributed by atoms with Crippen molar-refractivity contribution >= 4 is 0 Å². The van der Waals surface area contributed by atoms with E-state index < -0.39 is 0 Å². The highest BCUT2D eigenvalue weighted by Crippen LogP contribution is 2.45. The molecule has 0 aromatic heterocycles. The molecule has 2 aromatic carbocycles. The Labute approximate surface area is 112 Å². The van der Waals surface area contributed by atoms with Crippen LogP contribution in [0.4, 0.5) is 0 Å². The lowest BCUT2D eigenvalue weighted by molar-refractivity contribution is 0.449. The zero-order valence-corrected chi connectivity index (χ0v) is 11.6. The van der Waals surface area contributed by atoms with E-state index in [-0.39, 0.29) is 17.2 Å². The first-order valence-corrected chi connectivity index (χ1v) is 6.16. The van der Waals surface area contributed by atoms with Crippen LogP contribution in [0.5, 0.6) is 17.2 Å². The van der Waals surface area contributed by atoms with Crippen molar-refractivity contribution < 1.29 is 15.3 Å². The van der Waals surface area contributed by atoms with Crippen molar-refractivity contribution in [2.75, 3.05) is 0 Å². The minimum absolute atomic E-state index is 0.0895. The van der Waals surface area contributed by atoms with Gasteiger partial charge in [-0.05, 0) is 51.0 Å². The molecule has 0 fully saturated rings. The summed E-state index contributed by atoms with van der Waals surface area (Å²) in [5.41, 5.74) is 3.85. The molecular weight excluding hydrogens is 240 g/mol. The van der Waals surface area contributed by atoms with Gasteiger partial charge in [-0.15, -0.1) is 0 Å². The molecule has 100 valence electrons. The van der Waals surface area contributed by atoms with Gasteiger partial charge in [-0.3, -0.25) is 0 Å². The van der Waals surface area contributed by atoms with E-state index in [1.165, 1.54) is 0 Å². The molecule has 0 saturated heterocycles. The van der Waals surface area contributed by atoms with Crippen molar-refractivity contribution in [3.8, 4) is 28.4 Å². The summed E-state index contributed by atoms with van der Waals surface area (Å²) in [5.74, 6) is 0.353. The SMILES string of the molecule is Cc1ccc(O)c(-c2c(C)c(O)c(C)c(C)c2O)c1. The third-order valence-electron chi connectivity index (χ3n) is 3.66. The molecule has 0 unspecified atom stereocenters. The summed E-state index contributed by atoms with van der Waals surface area (Å²) in [4.78, 5) is 0. The molecule has 0 aliphatic carbocycles. The molecule has 0 spiro atoms. The van der Waals surface area contributed by atoms with Gasteiger partial charge in [0.15, 0.2) is 0 Å². The van der Waals surface area contributed by atoms with Crippen molar-refractivity contribution in [2.24, 2.45) is 0 Å². The topological polar surface area (TPSA) is 60.7 Å². The number of hydrogen-bond donors (Lipinski definition) is 3. The van der Waals surface area contributed by atoms with Crippen LogP contribution in [-0.2, 0) is 0 Å². The van der Waals surface area contributed by atoms with E-state index >= 15 is 0 Å². The summed E-state index contributed by atoms with van der Waals surface area (Å²) in [7, 11) is 0. The Balaban J connectivity index is 2.87. The predicted octanol–water partition coefficient (Wildman–Crippen LogP) is 3.70. The highest BCUT2D eigenvalue weighted by molar-refractivity contribution is 5.82. The Bertz CT molecular complexity index is 629. The lowest BCUT2D eigenvalue weighted by Gasteiger charge is -2.17. The Morgan fingerprint density at radius 1 is 0.737 bits per heavy atom. The molecule has 2 aromatic rings. The molecule has 0 atom stereocenters. The average Bonchev–Trinajstić information content (AvgIpc) is 2.38. The quantitative estimate of drug-likeness (QED) is 0.683. The van der Waals surface area contributed by atoms with Gasteiger partial charge in [0.05, 0.1) is 0 Å². The van der Waals surface area contributed by atoms with E-state index in [0.717, 1.165) is 5.56 Å². The zero-order chi connectivity index (χ0) is 14.3. The van der Waals surface area contributed by atoms with Gasteiger partial charge >= 0.3 is 0 Å². The third kappa shape index (κ3) is 2.01. The predicted molar refractivity (Wildman–Crippen MR) is 75.8 cm³/mol. The highest BCUT2D eigenvalue weighted by atomic mass is 16.3. The number of benzene rings is 2. The fraction of sp³-hybridized carbons (Fsp3) is 0.250. The molecular formula is C16H18O3. The van der Waals surface area contributed by atoms with E-state index in [9.17, 15) is 15.3 Å². The third-order valence-corrected chi connectivity index (χ3v) is 3.66. The fourth-order valence-corrected chi connectivity index (χ4v) is 2.30. The number of phenolic OH excluding ortho intramolecular Hbond substituents is 3. The smallest absolute Gasteiger partial charge is 0.127 e. The summed E-state index contributed by atoms with van der Waals surface area (Å²) < 4.78 is 0. The number of aromatic hydroxyl groups is 3. The lowest BCUT2D eigenvalue weighted by atomic mass is 9.91. The van der Waals surface area contributed by atoms with Gasteiger partial charge in [0.25, 0.3) is 0 Å². The molecule has 0 saturated carbocycles. The van der Waals surface area contributed by atoms with Crippen LogP contribution in [0.15, 0.2) is 18.2 Å². The minimum atomic E-state index is 0.0895. The number of aryl methyl sites for hydroxylation is 1. The van der Waals surface area contributed by atoms with Gasteiger partial charge in [-0.25, -0.2) is 0 Å². The van der Waals surface area contributed by atoms with Crippen molar-refractivity contribution in [3.05, 3.63) is 40.5 Å². The van der Waals surface area contributed by atoms with E-state index in [1.807, 2.05) is 6.92 Å². The van der Waals surface area contributed by atoms with E-state index in [2.05, 4.69) is 0 Å². The average molecular weight is 258 g/mol. The van der Waals surface area contributed by atoms with Gasteiger partial charge < -0.3 is 15.3 Å². The van der Waals surface area contributed by atoms with Crippen LogP contribution in [0.3, 0.4) is 0 Å². The maximum atomic E-state index is 10.3. The van der Waals surface area contributed by atoms with Gasteiger partial charge in [-0.2, -0.15) is 0 Å². The van der Waals surface area contributed by atoms with Crippen LogP contribution in [0.2, 0.25) is 0 Å². The second kappa shape index (κ2) is 4.50. The highest BCUT2D eigenvalue weighted by Gasteiger charge is 2.19. The fourth-order valence-electron chi connectivity index (χ4n) is 2.30. The second-order valence-corrected chi connectivity index (χ2v) is 4.97. The molecule has 19 heavy (non-hydrogen) atoms. The second-order valence-electron chi connectivity index (χ2n) is 4.97. The summed E-state index contributed by atoms with van der Waals surface area (Å²) >= 11 is 0. The number of hydrogen-bond acceptors (Lipinski definition) is 3. The van der Waals surface area contributed by atoms with Crippen LogP contribution < -0.4 is 0 Å². The molecule has 3 heteroatoms. The molecule has 0 aliphatic heterocycles. The van der Waals surface area contributed by atoms with Crippen molar-refractivity contribution in [1.82, 2.24) is 0 Å².